The maximum absolute atomic E-state index is 12.6. The Labute approximate surface area is 139 Å². The quantitative estimate of drug-likeness (QED) is 0.741. The van der Waals surface area contributed by atoms with Crippen molar-refractivity contribution in [1.29, 1.82) is 0 Å². The normalized spacial score (nSPS) is 11.2. The van der Waals surface area contributed by atoms with Crippen molar-refractivity contribution in [2.24, 2.45) is 7.05 Å². The number of aryl methyl sites for hydroxylation is 2. The second-order valence-corrected chi connectivity index (χ2v) is 5.93. The number of para-hydroxylation sites is 2. The lowest BCUT2D eigenvalue weighted by Gasteiger charge is -2.17. The van der Waals surface area contributed by atoms with Crippen LogP contribution in [-0.2, 0) is 18.4 Å². The van der Waals surface area contributed by atoms with E-state index in [4.69, 9.17) is 11.6 Å². The monoisotopic (exact) mass is 331 g/mol. The minimum atomic E-state index is -0.106. The van der Waals surface area contributed by atoms with Crippen molar-refractivity contribution in [3.05, 3.63) is 40.7 Å². The summed E-state index contributed by atoms with van der Waals surface area (Å²) in [5, 5.41) is 4.90. The van der Waals surface area contributed by atoms with E-state index in [2.05, 4.69) is 10.1 Å². The highest BCUT2D eigenvalue weighted by Gasteiger charge is 2.20. The Morgan fingerprint density at radius 3 is 2.61 bits per heavy atom. The molecule has 23 heavy (non-hydrogen) atoms. The van der Waals surface area contributed by atoms with Crippen LogP contribution in [0.3, 0.4) is 0 Å². The number of carbonyl (C=O) groups is 1. The molecular formula is C16H18ClN5O. The van der Waals surface area contributed by atoms with Gasteiger partial charge in [-0.15, -0.1) is 0 Å². The number of hydrogen-bond donors (Lipinski definition) is 0. The fraction of sp³-hybridized carbons (Fsp3) is 0.312. The first kappa shape index (κ1) is 15.6. The van der Waals surface area contributed by atoms with Crippen molar-refractivity contribution in [2.45, 2.75) is 20.4 Å². The van der Waals surface area contributed by atoms with Gasteiger partial charge in [-0.1, -0.05) is 23.7 Å². The molecule has 6 nitrogen and oxygen atoms in total. The summed E-state index contributed by atoms with van der Waals surface area (Å²) in [5.41, 5.74) is 3.35. The zero-order valence-electron chi connectivity index (χ0n) is 13.5. The Balaban J connectivity index is 1.89. The molecule has 2 heterocycles. The molecule has 0 bridgehead atoms. The van der Waals surface area contributed by atoms with E-state index < -0.39 is 0 Å². The van der Waals surface area contributed by atoms with Crippen molar-refractivity contribution in [1.82, 2.24) is 19.3 Å². The summed E-state index contributed by atoms with van der Waals surface area (Å²) in [6.45, 7) is 3.80. The lowest BCUT2D eigenvalue weighted by atomic mass is 10.3. The molecule has 2 aromatic heterocycles. The number of fused-ring (bicyclic) bond motifs is 1. The molecule has 0 spiro atoms. The highest BCUT2D eigenvalue weighted by molar-refractivity contribution is 6.31. The molecular weight excluding hydrogens is 314 g/mol. The van der Waals surface area contributed by atoms with Crippen LogP contribution in [0.5, 0.6) is 0 Å². The fourth-order valence-corrected chi connectivity index (χ4v) is 2.74. The SMILES string of the molecule is Cc1nn(CC(=O)N(C)c2nc3ccccc3n2C)c(C)c1Cl. The topological polar surface area (TPSA) is 56.0 Å². The fourth-order valence-electron chi connectivity index (χ4n) is 2.61. The number of nitrogens with zero attached hydrogens (tertiary/aromatic N) is 5. The summed E-state index contributed by atoms with van der Waals surface area (Å²) >= 11 is 6.13. The maximum atomic E-state index is 12.6. The minimum absolute atomic E-state index is 0.106. The number of likely N-dealkylation sites (N-methyl/N-ethyl adjacent to an activating group) is 1. The van der Waals surface area contributed by atoms with Crippen LogP contribution in [0.1, 0.15) is 11.4 Å². The van der Waals surface area contributed by atoms with Crippen LogP contribution in [0, 0.1) is 13.8 Å². The minimum Gasteiger partial charge on any atom is -0.313 e. The number of halogens is 1. The number of imidazole rings is 1. The van der Waals surface area contributed by atoms with Gasteiger partial charge in [0.1, 0.15) is 6.54 Å². The zero-order valence-corrected chi connectivity index (χ0v) is 14.3. The van der Waals surface area contributed by atoms with Gasteiger partial charge in [0.15, 0.2) is 0 Å². The van der Waals surface area contributed by atoms with Crippen LogP contribution in [0.4, 0.5) is 5.95 Å². The second kappa shape index (κ2) is 5.70. The second-order valence-electron chi connectivity index (χ2n) is 5.55. The van der Waals surface area contributed by atoms with E-state index >= 15 is 0 Å². The Morgan fingerprint density at radius 2 is 2.00 bits per heavy atom. The highest BCUT2D eigenvalue weighted by atomic mass is 35.5. The lowest BCUT2D eigenvalue weighted by molar-refractivity contribution is -0.119. The molecule has 0 atom stereocenters. The van der Waals surface area contributed by atoms with E-state index in [1.165, 1.54) is 0 Å². The molecule has 0 unspecified atom stereocenters. The third-order valence-corrected chi connectivity index (χ3v) is 4.56. The van der Waals surface area contributed by atoms with Crippen LogP contribution in [0.25, 0.3) is 11.0 Å². The summed E-state index contributed by atoms with van der Waals surface area (Å²) in [6, 6.07) is 7.79. The Kier molecular flexibility index (Phi) is 3.85. The number of amides is 1. The average molecular weight is 332 g/mol. The summed E-state index contributed by atoms with van der Waals surface area (Å²) < 4.78 is 3.53. The maximum Gasteiger partial charge on any atom is 0.250 e. The molecule has 0 aliphatic heterocycles. The lowest BCUT2D eigenvalue weighted by Crippen LogP contribution is -2.32. The molecule has 120 valence electrons. The van der Waals surface area contributed by atoms with Crippen LogP contribution >= 0.6 is 11.6 Å². The number of aromatic nitrogens is 4. The van der Waals surface area contributed by atoms with E-state index in [0.717, 1.165) is 22.4 Å². The zero-order chi connectivity index (χ0) is 16.7. The van der Waals surface area contributed by atoms with Crippen molar-refractivity contribution in [3.8, 4) is 0 Å². The van der Waals surface area contributed by atoms with Gasteiger partial charge in [-0.2, -0.15) is 5.10 Å². The predicted octanol–water partition coefficient (Wildman–Crippen LogP) is 2.70. The number of carbonyl (C=O) groups excluding carboxylic acids is 1. The van der Waals surface area contributed by atoms with E-state index in [1.54, 1.807) is 16.6 Å². The van der Waals surface area contributed by atoms with Gasteiger partial charge in [0.05, 0.1) is 27.4 Å². The summed E-state index contributed by atoms with van der Waals surface area (Å²) in [4.78, 5) is 18.7. The molecule has 0 N–H and O–H groups in total. The van der Waals surface area contributed by atoms with Crippen molar-refractivity contribution in [3.63, 3.8) is 0 Å². The number of hydrogen-bond acceptors (Lipinski definition) is 3. The summed E-state index contributed by atoms with van der Waals surface area (Å²) in [5.74, 6) is 0.495. The largest absolute Gasteiger partial charge is 0.313 e. The molecule has 0 saturated carbocycles. The van der Waals surface area contributed by atoms with Crippen molar-refractivity contribution in [2.75, 3.05) is 11.9 Å². The van der Waals surface area contributed by atoms with Crippen LogP contribution < -0.4 is 4.90 Å². The first-order chi connectivity index (χ1) is 10.9. The first-order valence-corrected chi connectivity index (χ1v) is 7.65. The van der Waals surface area contributed by atoms with E-state index in [1.807, 2.05) is 49.7 Å². The molecule has 0 aliphatic carbocycles. The number of benzene rings is 1. The molecule has 0 saturated heterocycles. The van der Waals surface area contributed by atoms with Gasteiger partial charge in [0, 0.05) is 14.1 Å². The first-order valence-electron chi connectivity index (χ1n) is 7.27. The van der Waals surface area contributed by atoms with Crippen LogP contribution in [-0.4, -0.2) is 32.3 Å². The van der Waals surface area contributed by atoms with Crippen LogP contribution in [0.2, 0.25) is 5.02 Å². The molecule has 0 fully saturated rings. The Morgan fingerprint density at radius 1 is 1.30 bits per heavy atom. The van der Waals surface area contributed by atoms with E-state index in [0.29, 0.717) is 11.0 Å². The summed E-state index contributed by atoms with van der Waals surface area (Å²) in [6.07, 6.45) is 0. The molecule has 0 aliphatic rings. The Hall–Kier alpha value is -2.34. The highest BCUT2D eigenvalue weighted by Crippen LogP contribution is 2.22. The molecule has 3 rings (SSSR count). The number of rotatable bonds is 3. The van der Waals surface area contributed by atoms with Gasteiger partial charge in [-0.05, 0) is 26.0 Å². The molecule has 7 heteroatoms. The third kappa shape index (κ3) is 2.59. The molecule has 3 aromatic rings. The summed E-state index contributed by atoms with van der Waals surface area (Å²) in [7, 11) is 3.62. The molecule has 1 amide bonds. The van der Waals surface area contributed by atoms with Gasteiger partial charge in [0.2, 0.25) is 5.95 Å². The predicted molar refractivity (Wildman–Crippen MR) is 90.8 cm³/mol. The molecule has 1 aromatic carbocycles. The third-order valence-electron chi connectivity index (χ3n) is 4.02. The van der Waals surface area contributed by atoms with Gasteiger partial charge in [0.25, 0.3) is 5.91 Å². The Bertz CT molecular complexity index is 895. The van der Waals surface area contributed by atoms with E-state index in [-0.39, 0.29) is 12.5 Å². The average Bonchev–Trinajstić information content (AvgIpc) is 3.00. The molecule has 0 radical (unpaired) electrons. The van der Waals surface area contributed by atoms with Crippen molar-refractivity contribution < 1.29 is 4.79 Å². The van der Waals surface area contributed by atoms with Crippen LogP contribution in [0.15, 0.2) is 24.3 Å². The smallest absolute Gasteiger partial charge is 0.250 e. The van der Waals surface area contributed by atoms with Gasteiger partial charge >= 0.3 is 0 Å². The van der Waals surface area contributed by atoms with Gasteiger partial charge in [-0.3, -0.25) is 14.4 Å². The number of anilines is 1. The van der Waals surface area contributed by atoms with Gasteiger partial charge < -0.3 is 4.57 Å². The van der Waals surface area contributed by atoms with E-state index in [9.17, 15) is 4.79 Å². The van der Waals surface area contributed by atoms with Crippen molar-refractivity contribution >= 4 is 34.5 Å². The standard InChI is InChI=1S/C16H18ClN5O/c1-10-15(17)11(2)22(19-10)9-14(23)21(4)16-18-12-7-5-6-8-13(12)20(16)3/h5-8H,9H2,1-4H3. The van der Waals surface area contributed by atoms with Gasteiger partial charge in [-0.25, -0.2) is 4.98 Å².